The number of esters is 1. The van der Waals surface area contributed by atoms with Crippen LogP contribution in [0.3, 0.4) is 0 Å². The Morgan fingerprint density at radius 3 is 2.43 bits per heavy atom. The van der Waals surface area contributed by atoms with Gasteiger partial charge in [-0.2, -0.15) is 0 Å². The summed E-state index contributed by atoms with van der Waals surface area (Å²) >= 11 is 0. The number of piperazine rings is 1. The molecule has 1 aliphatic rings. The number of hydrogen-bond acceptors (Lipinski definition) is 6. The molecule has 156 valence electrons. The number of anilines is 1. The monoisotopic (exact) mass is 392 g/mol. The van der Waals surface area contributed by atoms with Gasteiger partial charge in [0.15, 0.2) is 0 Å². The quantitative estimate of drug-likeness (QED) is 0.712. The standard InChI is InChI=1S/C21H32N2O5/c1-7-26-18-13-16(9-10-17(18)19(24)27-8-2)22-11-12-23(15(3)14-22)20(25)28-21(4,5)6/h9-10,13,15H,7-8,11-12,14H2,1-6H3/t15-/m1/s1. The first-order valence-electron chi connectivity index (χ1n) is 9.84. The summed E-state index contributed by atoms with van der Waals surface area (Å²) in [6, 6.07) is 5.50. The van der Waals surface area contributed by atoms with Crippen LogP contribution in [0.15, 0.2) is 18.2 Å². The Morgan fingerprint density at radius 1 is 1.14 bits per heavy atom. The maximum atomic E-state index is 12.4. The van der Waals surface area contributed by atoms with Gasteiger partial charge in [-0.3, -0.25) is 0 Å². The summed E-state index contributed by atoms with van der Waals surface area (Å²) in [6.07, 6.45) is -0.285. The van der Waals surface area contributed by atoms with Gasteiger partial charge in [0.05, 0.1) is 13.2 Å². The minimum Gasteiger partial charge on any atom is -0.493 e. The molecule has 7 heteroatoms. The van der Waals surface area contributed by atoms with Crippen molar-refractivity contribution in [3.05, 3.63) is 23.8 Å². The van der Waals surface area contributed by atoms with Gasteiger partial charge >= 0.3 is 12.1 Å². The van der Waals surface area contributed by atoms with E-state index in [9.17, 15) is 9.59 Å². The lowest BCUT2D eigenvalue weighted by molar-refractivity contribution is 0.0158. The van der Waals surface area contributed by atoms with Gasteiger partial charge in [-0.15, -0.1) is 0 Å². The molecule has 1 saturated heterocycles. The second-order valence-electron chi connectivity index (χ2n) is 7.80. The second kappa shape index (κ2) is 9.17. The molecule has 2 rings (SSSR count). The first-order chi connectivity index (χ1) is 13.2. The molecule has 1 aromatic rings. The lowest BCUT2D eigenvalue weighted by Gasteiger charge is -2.41. The van der Waals surface area contributed by atoms with Crippen LogP contribution in [-0.4, -0.2) is 61.5 Å². The highest BCUT2D eigenvalue weighted by Crippen LogP contribution is 2.28. The van der Waals surface area contributed by atoms with E-state index >= 15 is 0 Å². The van der Waals surface area contributed by atoms with Crippen LogP contribution in [0, 0.1) is 0 Å². The lowest BCUT2D eigenvalue weighted by atomic mass is 10.1. The number of carbonyl (C=O) groups is 2. The van der Waals surface area contributed by atoms with Crippen molar-refractivity contribution >= 4 is 17.7 Å². The van der Waals surface area contributed by atoms with E-state index in [0.717, 1.165) is 5.69 Å². The van der Waals surface area contributed by atoms with Gasteiger partial charge in [0.2, 0.25) is 0 Å². The molecule has 0 radical (unpaired) electrons. The molecule has 1 aromatic carbocycles. The third-order valence-electron chi connectivity index (χ3n) is 4.38. The summed E-state index contributed by atoms with van der Waals surface area (Å²) in [7, 11) is 0. The fraction of sp³-hybridized carbons (Fsp3) is 0.619. The summed E-state index contributed by atoms with van der Waals surface area (Å²) in [5.41, 5.74) is 0.864. The topological polar surface area (TPSA) is 68.3 Å². The molecule has 28 heavy (non-hydrogen) atoms. The average molecular weight is 392 g/mol. The summed E-state index contributed by atoms with van der Waals surface area (Å²) in [6.45, 7) is 13.9. The van der Waals surface area contributed by atoms with Crippen LogP contribution in [0.1, 0.15) is 51.9 Å². The Hall–Kier alpha value is -2.44. The average Bonchev–Trinajstić information content (AvgIpc) is 2.60. The first kappa shape index (κ1) is 21.9. The third kappa shape index (κ3) is 5.53. The van der Waals surface area contributed by atoms with Crippen LogP contribution in [-0.2, 0) is 9.47 Å². The number of nitrogens with zero attached hydrogens (tertiary/aromatic N) is 2. The number of ether oxygens (including phenoxy) is 3. The van der Waals surface area contributed by atoms with E-state index in [2.05, 4.69) is 4.90 Å². The number of hydrogen-bond donors (Lipinski definition) is 0. The fourth-order valence-corrected chi connectivity index (χ4v) is 3.14. The fourth-order valence-electron chi connectivity index (χ4n) is 3.14. The maximum Gasteiger partial charge on any atom is 0.410 e. The molecule has 1 fully saturated rings. The minimum absolute atomic E-state index is 0.00359. The molecule has 1 amide bonds. The smallest absolute Gasteiger partial charge is 0.410 e. The Labute approximate surface area is 167 Å². The van der Waals surface area contributed by atoms with Crippen molar-refractivity contribution in [3.8, 4) is 5.75 Å². The molecule has 0 spiro atoms. The van der Waals surface area contributed by atoms with Crippen molar-refractivity contribution < 1.29 is 23.8 Å². The minimum atomic E-state index is -0.511. The predicted octanol–water partition coefficient (Wildman–Crippen LogP) is 3.71. The Morgan fingerprint density at radius 2 is 1.86 bits per heavy atom. The van der Waals surface area contributed by atoms with Gasteiger partial charge in [0, 0.05) is 37.4 Å². The summed E-state index contributed by atoms with van der Waals surface area (Å²) in [5, 5.41) is 0. The van der Waals surface area contributed by atoms with Gasteiger partial charge in [0.25, 0.3) is 0 Å². The molecule has 0 unspecified atom stereocenters. The van der Waals surface area contributed by atoms with Gasteiger partial charge in [-0.1, -0.05) is 0 Å². The van der Waals surface area contributed by atoms with E-state index in [0.29, 0.717) is 44.2 Å². The van der Waals surface area contributed by atoms with E-state index in [-0.39, 0.29) is 18.1 Å². The van der Waals surface area contributed by atoms with Crippen LogP contribution >= 0.6 is 0 Å². The van der Waals surface area contributed by atoms with E-state index in [1.807, 2.05) is 46.8 Å². The van der Waals surface area contributed by atoms with E-state index in [4.69, 9.17) is 14.2 Å². The normalized spacial score (nSPS) is 17.3. The van der Waals surface area contributed by atoms with Crippen LogP contribution in [0.5, 0.6) is 5.75 Å². The highest BCUT2D eigenvalue weighted by Gasteiger charge is 2.31. The lowest BCUT2D eigenvalue weighted by Crippen LogP contribution is -2.55. The van der Waals surface area contributed by atoms with Crippen molar-refractivity contribution in [2.75, 3.05) is 37.7 Å². The Kier molecular flexibility index (Phi) is 7.16. The molecule has 1 atom stereocenters. The molecule has 0 bridgehead atoms. The number of carbonyl (C=O) groups excluding carboxylic acids is 2. The van der Waals surface area contributed by atoms with Crippen molar-refractivity contribution in [1.29, 1.82) is 0 Å². The molecule has 0 aliphatic carbocycles. The van der Waals surface area contributed by atoms with Crippen LogP contribution < -0.4 is 9.64 Å². The van der Waals surface area contributed by atoms with Gasteiger partial charge in [-0.25, -0.2) is 9.59 Å². The second-order valence-corrected chi connectivity index (χ2v) is 7.80. The van der Waals surface area contributed by atoms with Crippen LogP contribution in [0.4, 0.5) is 10.5 Å². The molecule has 0 N–H and O–H groups in total. The van der Waals surface area contributed by atoms with Gasteiger partial charge < -0.3 is 24.0 Å². The third-order valence-corrected chi connectivity index (χ3v) is 4.38. The summed E-state index contributed by atoms with van der Waals surface area (Å²) in [4.78, 5) is 28.5. The van der Waals surface area contributed by atoms with Crippen LogP contribution in [0.25, 0.3) is 0 Å². The first-order valence-corrected chi connectivity index (χ1v) is 9.84. The molecule has 7 nitrogen and oxygen atoms in total. The summed E-state index contributed by atoms with van der Waals surface area (Å²) in [5.74, 6) is 0.126. The van der Waals surface area contributed by atoms with Crippen molar-refractivity contribution in [2.24, 2.45) is 0 Å². The highest BCUT2D eigenvalue weighted by atomic mass is 16.6. The zero-order valence-corrected chi connectivity index (χ0v) is 17.8. The van der Waals surface area contributed by atoms with E-state index in [1.165, 1.54) is 0 Å². The van der Waals surface area contributed by atoms with Crippen molar-refractivity contribution in [3.63, 3.8) is 0 Å². The van der Waals surface area contributed by atoms with Gasteiger partial charge in [-0.05, 0) is 53.7 Å². The van der Waals surface area contributed by atoms with Gasteiger partial charge in [0.1, 0.15) is 16.9 Å². The zero-order valence-electron chi connectivity index (χ0n) is 17.8. The van der Waals surface area contributed by atoms with Crippen molar-refractivity contribution in [1.82, 2.24) is 4.90 Å². The molecule has 0 saturated carbocycles. The SMILES string of the molecule is CCOC(=O)c1ccc(N2CCN(C(=O)OC(C)(C)C)[C@H](C)C2)cc1OCC. The number of rotatable bonds is 5. The van der Waals surface area contributed by atoms with Crippen molar-refractivity contribution in [2.45, 2.75) is 53.2 Å². The number of amides is 1. The van der Waals surface area contributed by atoms with E-state index in [1.54, 1.807) is 17.9 Å². The Balaban J connectivity index is 2.13. The number of benzene rings is 1. The molecular formula is C21H32N2O5. The Bertz CT molecular complexity index is 699. The largest absolute Gasteiger partial charge is 0.493 e. The van der Waals surface area contributed by atoms with E-state index < -0.39 is 5.60 Å². The molecule has 1 heterocycles. The maximum absolute atomic E-state index is 12.4. The predicted molar refractivity (Wildman–Crippen MR) is 108 cm³/mol. The molecule has 1 aliphatic heterocycles. The molecule has 0 aromatic heterocycles. The molecular weight excluding hydrogens is 360 g/mol. The highest BCUT2D eigenvalue weighted by molar-refractivity contribution is 5.93. The van der Waals surface area contributed by atoms with Crippen LogP contribution in [0.2, 0.25) is 0 Å². The summed E-state index contributed by atoms with van der Waals surface area (Å²) < 4.78 is 16.3. The zero-order chi connectivity index (χ0) is 20.9.